The summed E-state index contributed by atoms with van der Waals surface area (Å²) in [5, 5.41) is 0. The van der Waals surface area contributed by atoms with Gasteiger partial charge in [0.1, 0.15) is 6.61 Å². The molecule has 0 aliphatic rings. The maximum Gasteiger partial charge on any atom is 0.455 e. The minimum atomic E-state index is -5.55. The number of unbranched alkanes of at least 4 members (excludes halogenated alkanes) is 8. The molecule has 0 N–H and O–H groups in total. The Morgan fingerprint density at radius 3 is 1.54 bits per heavy atom. The summed E-state index contributed by atoms with van der Waals surface area (Å²) < 4.78 is 66.6. The summed E-state index contributed by atoms with van der Waals surface area (Å²) in [7, 11) is 0. The molecule has 0 amide bonds. The summed E-state index contributed by atoms with van der Waals surface area (Å²) in [6.07, 6.45) is 5.82. The quantitative estimate of drug-likeness (QED) is 0.210. The molecule has 0 radical (unpaired) electrons. The first-order valence-electron chi connectivity index (χ1n) is 9.99. The standard InChI is InChI=1S/C19H36F5NO/c1-3-5-7-9-11-13-25(14-12-10-8-6-4-2)15-16-26-17-18(20,21)19(22,23)24/h3-17H2,1-2H3. The number of hydrogen-bond acceptors (Lipinski definition) is 2. The zero-order chi connectivity index (χ0) is 19.9. The van der Waals surface area contributed by atoms with Gasteiger partial charge in [0.15, 0.2) is 0 Å². The minimum absolute atomic E-state index is 0.102. The molecular weight excluding hydrogens is 353 g/mol. The Balaban J connectivity index is 4.11. The Morgan fingerprint density at radius 2 is 1.12 bits per heavy atom. The van der Waals surface area contributed by atoms with Crippen LogP contribution < -0.4 is 0 Å². The van der Waals surface area contributed by atoms with Crippen LogP contribution in [0.2, 0.25) is 0 Å². The number of rotatable bonds is 17. The smallest absolute Gasteiger partial charge is 0.373 e. The Morgan fingerprint density at radius 1 is 0.654 bits per heavy atom. The largest absolute Gasteiger partial charge is 0.455 e. The van der Waals surface area contributed by atoms with Crippen LogP contribution in [0.5, 0.6) is 0 Å². The maximum atomic E-state index is 12.8. The van der Waals surface area contributed by atoms with Crippen molar-refractivity contribution in [1.82, 2.24) is 4.90 Å². The van der Waals surface area contributed by atoms with Gasteiger partial charge < -0.3 is 9.64 Å². The lowest BCUT2D eigenvalue weighted by atomic mass is 10.1. The lowest BCUT2D eigenvalue weighted by Gasteiger charge is -2.24. The van der Waals surface area contributed by atoms with E-state index in [0.29, 0.717) is 6.54 Å². The molecule has 7 heteroatoms. The molecule has 0 heterocycles. The van der Waals surface area contributed by atoms with Crippen molar-refractivity contribution < 1.29 is 26.7 Å². The zero-order valence-electron chi connectivity index (χ0n) is 16.4. The second kappa shape index (κ2) is 14.6. The van der Waals surface area contributed by atoms with Gasteiger partial charge >= 0.3 is 12.1 Å². The molecule has 158 valence electrons. The van der Waals surface area contributed by atoms with Crippen LogP contribution in [0.25, 0.3) is 0 Å². The first-order chi connectivity index (χ1) is 12.2. The van der Waals surface area contributed by atoms with E-state index in [4.69, 9.17) is 0 Å². The number of nitrogens with zero attached hydrogens (tertiary/aromatic N) is 1. The summed E-state index contributed by atoms with van der Waals surface area (Å²) in [5.41, 5.74) is 0. The van der Waals surface area contributed by atoms with Crippen LogP contribution >= 0.6 is 0 Å². The van der Waals surface area contributed by atoms with E-state index in [1.807, 2.05) is 0 Å². The van der Waals surface area contributed by atoms with E-state index in [-0.39, 0.29) is 6.61 Å². The predicted molar refractivity (Wildman–Crippen MR) is 95.8 cm³/mol. The average molecular weight is 389 g/mol. The number of alkyl halides is 5. The van der Waals surface area contributed by atoms with Gasteiger partial charge in [0.25, 0.3) is 0 Å². The molecule has 0 aromatic carbocycles. The monoisotopic (exact) mass is 389 g/mol. The van der Waals surface area contributed by atoms with Crippen LogP contribution in [0.4, 0.5) is 22.0 Å². The highest BCUT2D eigenvalue weighted by molar-refractivity contribution is 4.75. The van der Waals surface area contributed by atoms with E-state index in [1.165, 1.54) is 38.5 Å². The molecule has 0 aromatic rings. The molecule has 0 unspecified atom stereocenters. The van der Waals surface area contributed by atoms with Crippen molar-refractivity contribution in [3.8, 4) is 0 Å². The van der Waals surface area contributed by atoms with Crippen molar-refractivity contribution in [2.45, 2.75) is 90.2 Å². The molecule has 0 aromatic heterocycles. The molecule has 0 spiro atoms. The van der Waals surface area contributed by atoms with Crippen molar-refractivity contribution in [2.24, 2.45) is 0 Å². The fraction of sp³-hybridized carbons (Fsp3) is 1.00. The lowest BCUT2D eigenvalue weighted by Crippen LogP contribution is -2.41. The van der Waals surface area contributed by atoms with Crippen LogP contribution in [0.15, 0.2) is 0 Å². The van der Waals surface area contributed by atoms with Gasteiger partial charge in [-0.25, -0.2) is 0 Å². The third-order valence-corrected chi connectivity index (χ3v) is 4.41. The average Bonchev–Trinajstić information content (AvgIpc) is 2.56. The molecule has 0 aliphatic heterocycles. The van der Waals surface area contributed by atoms with Crippen LogP contribution in [0, 0.1) is 0 Å². The van der Waals surface area contributed by atoms with Gasteiger partial charge in [0.05, 0.1) is 6.61 Å². The molecule has 0 aliphatic carbocycles. The van der Waals surface area contributed by atoms with Gasteiger partial charge in [0.2, 0.25) is 0 Å². The summed E-state index contributed by atoms with van der Waals surface area (Å²) in [4.78, 5) is 2.13. The van der Waals surface area contributed by atoms with Gasteiger partial charge in [0, 0.05) is 6.54 Å². The molecule has 0 bridgehead atoms. The third kappa shape index (κ3) is 12.8. The highest BCUT2D eigenvalue weighted by Crippen LogP contribution is 2.35. The molecule has 0 atom stereocenters. The van der Waals surface area contributed by atoms with Gasteiger partial charge in [-0.3, -0.25) is 0 Å². The van der Waals surface area contributed by atoms with E-state index < -0.39 is 18.7 Å². The fourth-order valence-corrected chi connectivity index (χ4v) is 2.69. The fourth-order valence-electron chi connectivity index (χ4n) is 2.69. The summed E-state index contributed by atoms with van der Waals surface area (Å²) in [6, 6.07) is 0. The van der Waals surface area contributed by atoms with Crippen molar-refractivity contribution >= 4 is 0 Å². The van der Waals surface area contributed by atoms with E-state index in [9.17, 15) is 22.0 Å². The Hall–Kier alpha value is -0.430. The second-order valence-electron chi connectivity index (χ2n) is 6.92. The maximum absolute atomic E-state index is 12.8. The number of ether oxygens (including phenoxy) is 1. The molecule has 0 rings (SSSR count). The van der Waals surface area contributed by atoms with Crippen LogP contribution in [0.1, 0.15) is 78.1 Å². The molecule has 0 fully saturated rings. The summed E-state index contributed by atoms with van der Waals surface area (Å²) in [6.45, 7) is 4.68. The van der Waals surface area contributed by atoms with Crippen molar-refractivity contribution in [2.75, 3.05) is 32.8 Å². The molecule has 0 saturated heterocycles. The van der Waals surface area contributed by atoms with Gasteiger partial charge in [-0.15, -0.1) is 0 Å². The van der Waals surface area contributed by atoms with E-state index in [2.05, 4.69) is 23.5 Å². The van der Waals surface area contributed by atoms with E-state index >= 15 is 0 Å². The van der Waals surface area contributed by atoms with Crippen LogP contribution in [-0.2, 0) is 4.74 Å². The van der Waals surface area contributed by atoms with Gasteiger partial charge in [-0.05, 0) is 25.9 Å². The predicted octanol–water partition coefficient (Wildman–Crippen LogP) is 6.44. The Bertz CT molecular complexity index is 310. The number of hydrogen-bond donors (Lipinski definition) is 0. The Labute approximate surface area is 155 Å². The first kappa shape index (κ1) is 25.6. The lowest BCUT2D eigenvalue weighted by molar-refractivity contribution is -0.296. The zero-order valence-corrected chi connectivity index (χ0v) is 16.4. The first-order valence-corrected chi connectivity index (χ1v) is 9.99. The topological polar surface area (TPSA) is 12.5 Å². The molecular formula is C19H36F5NO. The third-order valence-electron chi connectivity index (χ3n) is 4.41. The molecule has 2 nitrogen and oxygen atoms in total. The SMILES string of the molecule is CCCCCCCN(CCCCCCC)CCOCC(F)(F)C(F)(F)F. The van der Waals surface area contributed by atoms with Crippen LogP contribution in [-0.4, -0.2) is 49.8 Å². The highest BCUT2D eigenvalue weighted by atomic mass is 19.4. The van der Waals surface area contributed by atoms with Crippen molar-refractivity contribution in [3.63, 3.8) is 0 Å². The van der Waals surface area contributed by atoms with Crippen LogP contribution in [0.3, 0.4) is 0 Å². The Kier molecular flexibility index (Phi) is 14.4. The highest BCUT2D eigenvalue weighted by Gasteiger charge is 2.57. The molecule has 26 heavy (non-hydrogen) atoms. The minimum Gasteiger partial charge on any atom is -0.373 e. The van der Waals surface area contributed by atoms with Gasteiger partial charge in [-0.2, -0.15) is 22.0 Å². The summed E-state index contributed by atoms with van der Waals surface area (Å²) >= 11 is 0. The van der Waals surface area contributed by atoms with Gasteiger partial charge in [-0.1, -0.05) is 65.2 Å². The second-order valence-corrected chi connectivity index (χ2v) is 6.92. The summed E-state index contributed by atoms with van der Waals surface area (Å²) in [5.74, 6) is -4.78. The van der Waals surface area contributed by atoms with Crippen molar-refractivity contribution in [1.29, 1.82) is 0 Å². The van der Waals surface area contributed by atoms with Crippen molar-refractivity contribution in [3.05, 3.63) is 0 Å². The van der Waals surface area contributed by atoms with E-state index in [1.54, 1.807) is 0 Å². The number of halogens is 5. The molecule has 0 saturated carbocycles. The normalized spacial score (nSPS) is 12.9. The van der Waals surface area contributed by atoms with E-state index in [0.717, 1.165) is 38.8 Å².